The molecule has 1 aromatic rings. The minimum Gasteiger partial charge on any atom is -0.381 e. The van der Waals surface area contributed by atoms with Crippen molar-refractivity contribution in [1.82, 2.24) is 5.32 Å². The maximum absolute atomic E-state index is 6.08. The Hall–Kier alpha value is -0.280. The van der Waals surface area contributed by atoms with E-state index < -0.39 is 0 Å². The van der Waals surface area contributed by atoms with E-state index in [1.807, 2.05) is 12.1 Å². The molecule has 0 spiro atoms. The predicted octanol–water partition coefficient (Wildman–Crippen LogP) is 3.69. The molecule has 1 aliphatic carbocycles. The fourth-order valence-corrected chi connectivity index (χ4v) is 3.06. The molecule has 2 nitrogen and oxygen atoms in total. The van der Waals surface area contributed by atoms with Gasteiger partial charge in [0.2, 0.25) is 0 Å². The van der Waals surface area contributed by atoms with Crippen LogP contribution < -0.4 is 5.32 Å². The summed E-state index contributed by atoms with van der Waals surface area (Å²) in [5.41, 5.74) is 1.24. The standard InChI is InChI=1S/C15H19Cl2NO/c16-13-4-1-10(8-14(13)17)7-11-9-19-6-5-15(11)18-12-2-3-12/h1,4,8,11-12,15,18H,2-3,5-7,9H2/t11-,15+/m0/s1. The Morgan fingerprint density at radius 2 is 2.00 bits per heavy atom. The van der Waals surface area contributed by atoms with Gasteiger partial charge in [-0.3, -0.25) is 0 Å². The summed E-state index contributed by atoms with van der Waals surface area (Å²) in [6.07, 6.45) is 4.78. The monoisotopic (exact) mass is 299 g/mol. The third-order valence-corrected chi connectivity index (χ3v) is 4.72. The van der Waals surface area contributed by atoms with Crippen molar-refractivity contribution < 1.29 is 4.74 Å². The molecule has 0 bridgehead atoms. The van der Waals surface area contributed by atoms with Gasteiger partial charge in [-0.05, 0) is 43.4 Å². The second-order valence-electron chi connectivity index (χ2n) is 5.62. The van der Waals surface area contributed by atoms with E-state index in [0.717, 1.165) is 32.1 Å². The molecule has 0 aromatic heterocycles. The van der Waals surface area contributed by atoms with Crippen LogP contribution in [-0.2, 0) is 11.2 Å². The Labute approximate surface area is 124 Å². The maximum Gasteiger partial charge on any atom is 0.0595 e. The van der Waals surface area contributed by atoms with Gasteiger partial charge in [0.05, 0.1) is 16.7 Å². The van der Waals surface area contributed by atoms with E-state index in [9.17, 15) is 0 Å². The quantitative estimate of drug-likeness (QED) is 0.915. The molecule has 0 unspecified atom stereocenters. The molecule has 1 aromatic carbocycles. The Kier molecular flexibility index (Phi) is 4.33. The van der Waals surface area contributed by atoms with Crippen molar-refractivity contribution in [1.29, 1.82) is 0 Å². The molecule has 2 atom stereocenters. The van der Waals surface area contributed by atoms with Crippen LogP contribution in [0, 0.1) is 5.92 Å². The molecule has 1 saturated heterocycles. The number of hydrogen-bond acceptors (Lipinski definition) is 2. The zero-order valence-corrected chi connectivity index (χ0v) is 12.4. The predicted molar refractivity (Wildman–Crippen MR) is 79.0 cm³/mol. The van der Waals surface area contributed by atoms with E-state index in [2.05, 4.69) is 11.4 Å². The van der Waals surface area contributed by atoms with Gasteiger partial charge in [0.25, 0.3) is 0 Å². The number of nitrogens with one attached hydrogen (secondary N) is 1. The number of hydrogen-bond donors (Lipinski definition) is 1. The van der Waals surface area contributed by atoms with Gasteiger partial charge in [0.1, 0.15) is 0 Å². The summed E-state index contributed by atoms with van der Waals surface area (Å²) in [6, 6.07) is 7.26. The topological polar surface area (TPSA) is 21.3 Å². The minimum absolute atomic E-state index is 0.534. The normalized spacial score (nSPS) is 27.5. The summed E-state index contributed by atoms with van der Waals surface area (Å²) in [5.74, 6) is 0.534. The largest absolute Gasteiger partial charge is 0.381 e. The molecule has 19 heavy (non-hydrogen) atoms. The average molecular weight is 300 g/mol. The molecular weight excluding hydrogens is 281 g/mol. The van der Waals surface area contributed by atoms with E-state index in [1.54, 1.807) is 0 Å². The molecule has 0 radical (unpaired) electrons. The molecule has 2 aliphatic rings. The van der Waals surface area contributed by atoms with Crippen molar-refractivity contribution in [2.45, 2.75) is 37.8 Å². The van der Waals surface area contributed by atoms with Crippen molar-refractivity contribution in [3.63, 3.8) is 0 Å². The molecule has 1 aliphatic heterocycles. The van der Waals surface area contributed by atoms with Crippen molar-refractivity contribution in [2.75, 3.05) is 13.2 Å². The minimum atomic E-state index is 0.534. The van der Waals surface area contributed by atoms with E-state index in [-0.39, 0.29) is 0 Å². The zero-order chi connectivity index (χ0) is 13.2. The van der Waals surface area contributed by atoms with Crippen LogP contribution in [0.3, 0.4) is 0 Å². The van der Waals surface area contributed by atoms with Gasteiger partial charge in [0, 0.05) is 24.6 Å². The third-order valence-electron chi connectivity index (χ3n) is 3.98. The lowest BCUT2D eigenvalue weighted by Crippen LogP contribution is -2.44. The van der Waals surface area contributed by atoms with Crippen LogP contribution in [0.1, 0.15) is 24.8 Å². The molecule has 1 N–H and O–H groups in total. The number of benzene rings is 1. The van der Waals surface area contributed by atoms with Crippen molar-refractivity contribution in [3.8, 4) is 0 Å². The summed E-state index contributed by atoms with van der Waals surface area (Å²) in [4.78, 5) is 0. The lowest BCUT2D eigenvalue weighted by molar-refractivity contribution is 0.0316. The van der Waals surface area contributed by atoms with E-state index >= 15 is 0 Å². The highest BCUT2D eigenvalue weighted by molar-refractivity contribution is 6.42. The number of rotatable bonds is 4. The van der Waals surface area contributed by atoms with Gasteiger partial charge in [-0.25, -0.2) is 0 Å². The molecule has 1 heterocycles. The average Bonchev–Trinajstić information content (AvgIpc) is 3.20. The van der Waals surface area contributed by atoms with Crippen LogP contribution >= 0.6 is 23.2 Å². The highest BCUT2D eigenvalue weighted by atomic mass is 35.5. The van der Waals surface area contributed by atoms with Gasteiger partial charge in [-0.15, -0.1) is 0 Å². The zero-order valence-electron chi connectivity index (χ0n) is 10.9. The lowest BCUT2D eigenvalue weighted by atomic mass is 9.89. The second kappa shape index (κ2) is 6.01. The van der Waals surface area contributed by atoms with Gasteiger partial charge >= 0.3 is 0 Å². The Balaban J connectivity index is 1.66. The summed E-state index contributed by atoms with van der Waals surface area (Å²) >= 11 is 12.0. The summed E-state index contributed by atoms with van der Waals surface area (Å²) in [5, 5.41) is 5.01. The molecule has 104 valence electrons. The van der Waals surface area contributed by atoms with Gasteiger partial charge in [-0.2, -0.15) is 0 Å². The number of halogens is 2. The van der Waals surface area contributed by atoms with Gasteiger partial charge < -0.3 is 10.1 Å². The Bertz CT molecular complexity index is 448. The van der Waals surface area contributed by atoms with Crippen LogP contribution in [0.2, 0.25) is 10.0 Å². The highest BCUT2D eigenvalue weighted by Gasteiger charge is 2.31. The van der Waals surface area contributed by atoms with Crippen LogP contribution in [0.25, 0.3) is 0 Å². The van der Waals surface area contributed by atoms with Crippen LogP contribution in [0.15, 0.2) is 18.2 Å². The lowest BCUT2D eigenvalue weighted by Gasteiger charge is -2.32. The summed E-state index contributed by atoms with van der Waals surface area (Å²) < 4.78 is 5.64. The highest BCUT2D eigenvalue weighted by Crippen LogP contribution is 2.28. The summed E-state index contributed by atoms with van der Waals surface area (Å²) in [7, 11) is 0. The first-order valence-corrected chi connectivity index (χ1v) is 7.75. The fourth-order valence-electron chi connectivity index (χ4n) is 2.74. The second-order valence-corrected chi connectivity index (χ2v) is 6.44. The van der Waals surface area contributed by atoms with Crippen LogP contribution in [0.4, 0.5) is 0 Å². The Morgan fingerprint density at radius 1 is 1.16 bits per heavy atom. The van der Waals surface area contributed by atoms with E-state index in [0.29, 0.717) is 22.0 Å². The van der Waals surface area contributed by atoms with E-state index in [1.165, 1.54) is 18.4 Å². The molecule has 0 amide bonds. The fraction of sp³-hybridized carbons (Fsp3) is 0.600. The van der Waals surface area contributed by atoms with Gasteiger partial charge in [0.15, 0.2) is 0 Å². The summed E-state index contributed by atoms with van der Waals surface area (Å²) in [6.45, 7) is 1.72. The Morgan fingerprint density at radius 3 is 2.74 bits per heavy atom. The maximum atomic E-state index is 6.08. The molecule has 1 saturated carbocycles. The smallest absolute Gasteiger partial charge is 0.0595 e. The first-order chi connectivity index (χ1) is 9.22. The number of ether oxygens (including phenoxy) is 1. The van der Waals surface area contributed by atoms with E-state index in [4.69, 9.17) is 27.9 Å². The van der Waals surface area contributed by atoms with Crippen LogP contribution in [0.5, 0.6) is 0 Å². The first-order valence-electron chi connectivity index (χ1n) is 7.00. The molecule has 2 fully saturated rings. The molecule has 4 heteroatoms. The van der Waals surface area contributed by atoms with Crippen molar-refractivity contribution in [3.05, 3.63) is 33.8 Å². The third kappa shape index (κ3) is 3.63. The van der Waals surface area contributed by atoms with Crippen molar-refractivity contribution in [2.24, 2.45) is 5.92 Å². The van der Waals surface area contributed by atoms with Gasteiger partial charge in [-0.1, -0.05) is 29.3 Å². The van der Waals surface area contributed by atoms with Crippen LogP contribution in [-0.4, -0.2) is 25.3 Å². The van der Waals surface area contributed by atoms with Crippen molar-refractivity contribution >= 4 is 23.2 Å². The first kappa shape index (κ1) is 13.7. The molecular formula is C15H19Cl2NO. The SMILES string of the molecule is Clc1ccc(C[C@H]2COCC[C@H]2NC2CC2)cc1Cl. The molecule has 3 rings (SSSR count).